The average Bonchev–Trinajstić information content (AvgIpc) is 3.33. The van der Waals surface area contributed by atoms with Crippen molar-refractivity contribution >= 4 is 32.6 Å². The molecule has 34 heavy (non-hydrogen) atoms. The predicted molar refractivity (Wildman–Crippen MR) is 132 cm³/mol. The molecule has 0 bridgehead atoms. The molecule has 0 aliphatic heterocycles. The summed E-state index contributed by atoms with van der Waals surface area (Å²) < 4.78 is 22.8. The molecule has 0 saturated heterocycles. The fraction of sp³-hybridized carbons (Fsp3) is 0.240. The third-order valence-corrected chi connectivity index (χ3v) is 6.56. The summed E-state index contributed by atoms with van der Waals surface area (Å²) in [5, 5.41) is 0.534. The number of aromatic nitrogens is 2. The van der Waals surface area contributed by atoms with E-state index in [2.05, 4.69) is 4.98 Å². The fourth-order valence-electron chi connectivity index (χ4n) is 3.62. The maximum Gasteiger partial charge on any atom is 0.260 e. The molecule has 0 saturated carbocycles. The van der Waals surface area contributed by atoms with Crippen LogP contribution in [0.15, 0.2) is 48.7 Å². The van der Waals surface area contributed by atoms with Crippen LogP contribution in [0.3, 0.4) is 0 Å². The number of hydrogen-bond acceptors (Lipinski definition) is 8. The first-order chi connectivity index (χ1) is 16.5. The molecule has 4 aromatic rings. The van der Waals surface area contributed by atoms with Crippen LogP contribution in [-0.4, -0.2) is 44.3 Å². The number of carbonyl (C=O) groups excluding carboxylic acids is 1. The largest absolute Gasteiger partial charge is 0.494 e. The summed E-state index contributed by atoms with van der Waals surface area (Å²) in [6, 6.07) is 12.7. The zero-order chi connectivity index (χ0) is 24.2. The highest BCUT2D eigenvalue weighted by molar-refractivity contribution is 7.22. The molecular weight excluding hydrogens is 454 g/mol. The molecule has 4 rings (SSSR count). The zero-order valence-corrected chi connectivity index (χ0v) is 20.4. The molecule has 0 unspecified atom stereocenters. The molecule has 0 aliphatic rings. The Morgan fingerprint density at radius 1 is 0.941 bits per heavy atom. The number of hydrogen-bond donors (Lipinski definition) is 0. The first kappa shape index (κ1) is 23.3. The van der Waals surface area contributed by atoms with Gasteiger partial charge in [-0.25, -0.2) is 4.98 Å². The van der Waals surface area contributed by atoms with Crippen LogP contribution in [0.1, 0.15) is 21.6 Å². The van der Waals surface area contributed by atoms with E-state index in [9.17, 15) is 4.79 Å². The smallest absolute Gasteiger partial charge is 0.260 e. The second-order valence-electron chi connectivity index (χ2n) is 7.39. The number of pyridine rings is 1. The first-order valence-corrected chi connectivity index (χ1v) is 11.3. The number of carbonyl (C=O) groups is 1. The number of anilines is 1. The van der Waals surface area contributed by atoms with E-state index < -0.39 is 0 Å². The van der Waals surface area contributed by atoms with Gasteiger partial charge in [0.25, 0.3) is 5.91 Å². The molecule has 0 aliphatic carbocycles. The molecule has 0 radical (unpaired) electrons. The van der Waals surface area contributed by atoms with E-state index in [0.29, 0.717) is 39.2 Å². The minimum atomic E-state index is -0.277. The lowest BCUT2D eigenvalue weighted by atomic mass is 10.1. The van der Waals surface area contributed by atoms with E-state index in [1.165, 1.54) is 32.7 Å². The Hall–Kier alpha value is -3.85. The number of ether oxygens (including phenoxy) is 4. The van der Waals surface area contributed by atoms with Crippen LogP contribution in [0.2, 0.25) is 0 Å². The van der Waals surface area contributed by atoms with Crippen LogP contribution in [-0.2, 0) is 6.54 Å². The van der Waals surface area contributed by atoms with Gasteiger partial charge in [-0.1, -0.05) is 23.5 Å². The van der Waals surface area contributed by atoms with Gasteiger partial charge in [0, 0.05) is 11.8 Å². The van der Waals surface area contributed by atoms with Crippen molar-refractivity contribution < 1.29 is 23.7 Å². The van der Waals surface area contributed by atoms with Crippen molar-refractivity contribution in [2.75, 3.05) is 33.3 Å². The van der Waals surface area contributed by atoms with Gasteiger partial charge in [0.1, 0.15) is 11.3 Å². The van der Waals surface area contributed by atoms with Gasteiger partial charge in [-0.15, -0.1) is 0 Å². The highest BCUT2D eigenvalue weighted by Gasteiger charge is 2.26. The number of methoxy groups -OCH3 is 4. The van der Waals surface area contributed by atoms with Gasteiger partial charge >= 0.3 is 0 Å². The maximum atomic E-state index is 13.9. The van der Waals surface area contributed by atoms with Crippen molar-refractivity contribution in [3.63, 3.8) is 0 Å². The zero-order valence-electron chi connectivity index (χ0n) is 19.6. The molecule has 8 nitrogen and oxygen atoms in total. The molecule has 2 heterocycles. The summed E-state index contributed by atoms with van der Waals surface area (Å²) in [7, 11) is 6.15. The van der Waals surface area contributed by atoms with Crippen LogP contribution in [0.4, 0.5) is 5.13 Å². The fourth-order valence-corrected chi connectivity index (χ4v) is 4.67. The summed E-state index contributed by atoms with van der Waals surface area (Å²) in [6.45, 7) is 2.24. The van der Waals surface area contributed by atoms with Gasteiger partial charge in [-0.2, -0.15) is 0 Å². The topological polar surface area (TPSA) is 83.0 Å². The Kier molecular flexibility index (Phi) is 6.83. The first-order valence-electron chi connectivity index (χ1n) is 10.5. The third-order valence-electron chi connectivity index (χ3n) is 5.35. The SMILES string of the molecule is COc1cc(C(=O)N(Cc2ccccn2)c2nc3c(OC)ccc(C)c3s2)cc(OC)c1OC. The van der Waals surface area contributed by atoms with Crippen LogP contribution < -0.4 is 23.8 Å². The predicted octanol–water partition coefficient (Wildman–Crippen LogP) is 4.88. The number of thiazole rings is 1. The van der Waals surface area contributed by atoms with Crippen LogP contribution in [0, 0.1) is 6.92 Å². The lowest BCUT2D eigenvalue weighted by Crippen LogP contribution is -2.30. The van der Waals surface area contributed by atoms with Crippen LogP contribution in [0.25, 0.3) is 10.2 Å². The minimum Gasteiger partial charge on any atom is -0.494 e. The quantitative estimate of drug-likeness (QED) is 0.356. The van der Waals surface area contributed by atoms with Gasteiger partial charge in [0.05, 0.1) is 45.4 Å². The summed E-state index contributed by atoms with van der Waals surface area (Å²) in [6.07, 6.45) is 1.70. The van der Waals surface area contributed by atoms with Crippen molar-refractivity contribution in [2.24, 2.45) is 0 Å². The molecule has 1 amide bonds. The normalized spacial score (nSPS) is 10.7. The van der Waals surface area contributed by atoms with Gasteiger partial charge in [0.15, 0.2) is 16.6 Å². The van der Waals surface area contributed by atoms with Crippen molar-refractivity contribution in [1.29, 1.82) is 0 Å². The maximum absolute atomic E-state index is 13.9. The van der Waals surface area contributed by atoms with E-state index in [-0.39, 0.29) is 12.5 Å². The number of rotatable bonds is 8. The highest BCUT2D eigenvalue weighted by Crippen LogP contribution is 2.40. The molecule has 2 aromatic heterocycles. The molecule has 176 valence electrons. The van der Waals surface area contributed by atoms with Crippen molar-refractivity contribution in [2.45, 2.75) is 13.5 Å². The van der Waals surface area contributed by atoms with E-state index in [1.54, 1.807) is 30.3 Å². The summed E-state index contributed by atoms with van der Waals surface area (Å²) in [5.74, 6) is 1.58. The standard InChI is InChI=1S/C25H25N3O5S/c1-15-9-10-18(30-2)21-23(15)34-25(27-21)28(14-17-8-6-7-11-26-17)24(29)16-12-19(31-3)22(33-5)20(13-16)32-4/h6-13H,14H2,1-5H3. The van der Waals surface area contributed by atoms with Crippen molar-refractivity contribution in [3.05, 3.63) is 65.5 Å². The van der Waals surface area contributed by atoms with Gasteiger partial charge in [-0.05, 0) is 42.8 Å². The molecule has 0 spiro atoms. The van der Waals surface area contributed by atoms with E-state index in [0.717, 1.165) is 16.0 Å². The number of amides is 1. The molecule has 0 fully saturated rings. The van der Waals surface area contributed by atoms with Gasteiger partial charge in [0.2, 0.25) is 5.75 Å². The molecule has 9 heteroatoms. The Bertz CT molecular complexity index is 1300. The average molecular weight is 480 g/mol. The van der Waals surface area contributed by atoms with Crippen molar-refractivity contribution in [3.8, 4) is 23.0 Å². The molecular formula is C25H25N3O5S. The second-order valence-corrected chi connectivity index (χ2v) is 8.36. The number of benzene rings is 2. The highest BCUT2D eigenvalue weighted by atomic mass is 32.1. The second kappa shape index (κ2) is 9.96. The molecule has 0 atom stereocenters. The summed E-state index contributed by atoms with van der Waals surface area (Å²) >= 11 is 1.43. The molecule has 2 aromatic carbocycles. The Morgan fingerprint density at radius 3 is 2.24 bits per heavy atom. The third kappa shape index (κ3) is 4.34. The number of nitrogens with zero attached hydrogens (tertiary/aromatic N) is 3. The monoisotopic (exact) mass is 479 g/mol. The van der Waals surface area contributed by atoms with E-state index in [1.807, 2.05) is 37.3 Å². The Morgan fingerprint density at radius 2 is 1.65 bits per heavy atom. The van der Waals surface area contributed by atoms with Crippen LogP contribution in [0.5, 0.6) is 23.0 Å². The van der Waals surface area contributed by atoms with Crippen molar-refractivity contribution in [1.82, 2.24) is 9.97 Å². The Balaban J connectivity index is 1.85. The van der Waals surface area contributed by atoms with E-state index in [4.69, 9.17) is 23.9 Å². The number of fused-ring (bicyclic) bond motifs is 1. The number of aryl methyl sites for hydroxylation is 1. The minimum absolute atomic E-state index is 0.234. The van der Waals surface area contributed by atoms with Crippen LogP contribution >= 0.6 is 11.3 Å². The summed E-state index contributed by atoms with van der Waals surface area (Å²) in [5.41, 5.74) is 2.86. The Labute approximate surface area is 201 Å². The van der Waals surface area contributed by atoms with E-state index >= 15 is 0 Å². The van der Waals surface area contributed by atoms with Gasteiger partial charge < -0.3 is 18.9 Å². The lowest BCUT2D eigenvalue weighted by Gasteiger charge is -2.21. The van der Waals surface area contributed by atoms with Gasteiger partial charge in [-0.3, -0.25) is 14.7 Å². The molecule has 0 N–H and O–H groups in total. The lowest BCUT2D eigenvalue weighted by molar-refractivity contribution is 0.0984. The summed E-state index contributed by atoms with van der Waals surface area (Å²) in [4.78, 5) is 24.7.